The molecule has 0 fully saturated rings. The number of hydrogen-bond acceptors (Lipinski definition) is 2. The van der Waals surface area contributed by atoms with Crippen LogP contribution in [0.25, 0.3) is 11.0 Å². The molecule has 2 rings (SSSR count). The van der Waals surface area contributed by atoms with E-state index < -0.39 is 0 Å². The Bertz CT molecular complexity index is 419. The van der Waals surface area contributed by atoms with Gasteiger partial charge in [0.15, 0.2) is 0 Å². The molecular weight excluding hydrogens is 174 g/mol. The predicted molar refractivity (Wildman–Crippen MR) is 58.0 cm³/mol. The van der Waals surface area contributed by atoms with Crippen LogP contribution in [-0.2, 0) is 6.54 Å². The van der Waals surface area contributed by atoms with Crippen molar-refractivity contribution >= 4 is 11.0 Å². The SMILES string of the molecule is CCC(N)Cn1cnc2ccccc21. The molecule has 0 saturated carbocycles. The van der Waals surface area contributed by atoms with Crippen molar-refractivity contribution in [2.24, 2.45) is 5.73 Å². The van der Waals surface area contributed by atoms with Crippen LogP contribution in [0, 0.1) is 0 Å². The maximum Gasteiger partial charge on any atom is 0.0958 e. The second-order valence-corrected chi connectivity index (χ2v) is 3.55. The van der Waals surface area contributed by atoms with Crippen LogP contribution >= 0.6 is 0 Å². The summed E-state index contributed by atoms with van der Waals surface area (Å²) >= 11 is 0. The molecule has 1 atom stereocenters. The fraction of sp³-hybridized carbons (Fsp3) is 0.364. The fourth-order valence-corrected chi connectivity index (χ4v) is 1.54. The Kier molecular flexibility index (Phi) is 2.50. The van der Waals surface area contributed by atoms with Gasteiger partial charge in [0.2, 0.25) is 0 Å². The molecule has 0 saturated heterocycles. The number of nitrogens with zero attached hydrogens (tertiary/aromatic N) is 2. The van der Waals surface area contributed by atoms with E-state index in [-0.39, 0.29) is 6.04 Å². The summed E-state index contributed by atoms with van der Waals surface area (Å²) in [6.07, 6.45) is 2.85. The van der Waals surface area contributed by atoms with Crippen LogP contribution in [0.4, 0.5) is 0 Å². The summed E-state index contributed by atoms with van der Waals surface area (Å²) in [5.41, 5.74) is 8.11. The number of rotatable bonds is 3. The highest BCUT2D eigenvalue weighted by molar-refractivity contribution is 5.74. The lowest BCUT2D eigenvalue weighted by Gasteiger charge is -2.09. The predicted octanol–water partition coefficient (Wildman–Crippen LogP) is 1.77. The molecule has 14 heavy (non-hydrogen) atoms. The Morgan fingerprint density at radius 2 is 2.21 bits per heavy atom. The number of nitrogens with two attached hydrogens (primary N) is 1. The van der Waals surface area contributed by atoms with Gasteiger partial charge in [-0.2, -0.15) is 0 Å². The van der Waals surface area contributed by atoms with E-state index in [1.54, 1.807) is 0 Å². The lowest BCUT2D eigenvalue weighted by Crippen LogP contribution is -2.24. The number of para-hydroxylation sites is 2. The first-order valence-electron chi connectivity index (χ1n) is 4.96. The zero-order valence-electron chi connectivity index (χ0n) is 8.35. The number of imidazole rings is 1. The quantitative estimate of drug-likeness (QED) is 0.799. The summed E-state index contributed by atoms with van der Waals surface area (Å²) in [6, 6.07) is 8.33. The maximum atomic E-state index is 5.91. The number of fused-ring (bicyclic) bond motifs is 1. The molecule has 0 bridgehead atoms. The zero-order chi connectivity index (χ0) is 9.97. The highest BCUT2D eigenvalue weighted by Gasteiger charge is 2.04. The third-order valence-electron chi connectivity index (χ3n) is 2.48. The van der Waals surface area contributed by atoms with Gasteiger partial charge in [-0.3, -0.25) is 0 Å². The smallest absolute Gasteiger partial charge is 0.0958 e. The Balaban J connectivity index is 2.33. The lowest BCUT2D eigenvalue weighted by atomic mass is 10.2. The van der Waals surface area contributed by atoms with E-state index in [2.05, 4.69) is 22.5 Å². The van der Waals surface area contributed by atoms with Crippen molar-refractivity contribution in [3.63, 3.8) is 0 Å². The van der Waals surface area contributed by atoms with Crippen molar-refractivity contribution in [2.45, 2.75) is 25.9 Å². The van der Waals surface area contributed by atoms with E-state index in [1.165, 1.54) is 0 Å². The molecule has 74 valence electrons. The van der Waals surface area contributed by atoms with E-state index in [1.807, 2.05) is 24.5 Å². The van der Waals surface area contributed by atoms with Gasteiger partial charge in [0.05, 0.1) is 17.4 Å². The van der Waals surface area contributed by atoms with Gasteiger partial charge in [-0.15, -0.1) is 0 Å². The van der Waals surface area contributed by atoms with Gasteiger partial charge in [0.1, 0.15) is 0 Å². The van der Waals surface area contributed by atoms with Gasteiger partial charge in [-0.25, -0.2) is 4.98 Å². The van der Waals surface area contributed by atoms with Crippen LogP contribution in [0.1, 0.15) is 13.3 Å². The molecule has 0 spiro atoms. The van der Waals surface area contributed by atoms with Crippen LogP contribution in [0.15, 0.2) is 30.6 Å². The maximum absolute atomic E-state index is 5.91. The van der Waals surface area contributed by atoms with E-state index in [0.29, 0.717) is 0 Å². The van der Waals surface area contributed by atoms with Gasteiger partial charge in [-0.05, 0) is 18.6 Å². The number of aromatic nitrogens is 2. The summed E-state index contributed by atoms with van der Waals surface area (Å²) in [5, 5.41) is 0. The molecule has 1 aromatic carbocycles. The Labute approximate surface area is 83.6 Å². The van der Waals surface area contributed by atoms with Crippen molar-refractivity contribution in [1.29, 1.82) is 0 Å². The largest absolute Gasteiger partial charge is 0.329 e. The molecule has 0 amide bonds. The molecule has 1 unspecified atom stereocenters. The van der Waals surface area contributed by atoms with Gasteiger partial charge in [0, 0.05) is 12.6 Å². The van der Waals surface area contributed by atoms with Gasteiger partial charge < -0.3 is 10.3 Å². The number of hydrogen-bond donors (Lipinski definition) is 1. The minimum absolute atomic E-state index is 0.215. The summed E-state index contributed by atoms with van der Waals surface area (Å²) in [7, 11) is 0. The minimum Gasteiger partial charge on any atom is -0.329 e. The van der Waals surface area contributed by atoms with E-state index >= 15 is 0 Å². The molecule has 2 aromatic rings. The average Bonchev–Trinajstić information content (AvgIpc) is 2.62. The molecule has 0 aliphatic heterocycles. The first-order valence-corrected chi connectivity index (χ1v) is 4.96. The van der Waals surface area contributed by atoms with Gasteiger partial charge >= 0.3 is 0 Å². The third kappa shape index (κ3) is 1.63. The monoisotopic (exact) mass is 189 g/mol. The van der Waals surface area contributed by atoms with E-state index in [9.17, 15) is 0 Å². The Morgan fingerprint density at radius 1 is 1.43 bits per heavy atom. The molecule has 1 aromatic heterocycles. The Morgan fingerprint density at radius 3 is 3.00 bits per heavy atom. The van der Waals surface area contributed by atoms with Crippen LogP contribution < -0.4 is 5.73 Å². The van der Waals surface area contributed by atoms with Crippen molar-refractivity contribution in [3.8, 4) is 0 Å². The summed E-state index contributed by atoms with van der Waals surface area (Å²) in [4.78, 5) is 4.31. The Hall–Kier alpha value is -1.35. The van der Waals surface area contributed by atoms with Crippen molar-refractivity contribution in [2.75, 3.05) is 0 Å². The topological polar surface area (TPSA) is 43.8 Å². The normalized spacial score (nSPS) is 13.3. The molecule has 0 aliphatic carbocycles. The fourth-order valence-electron chi connectivity index (χ4n) is 1.54. The molecular formula is C11H15N3. The molecule has 1 heterocycles. The van der Waals surface area contributed by atoms with E-state index in [4.69, 9.17) is 5.73 Å². The van der Waals surface area contributed by atoms with E-state index in [0.717, 1.165) is 24.0 Å². The van der Waals surface area contributed by atoms with Crippen molar-refractivity contribution in [1.82, 2.24) is 9.55 Å². The summed E-state index contributed by atoms with van der Waals surface area (Å²) < 4.78 is 2.11. The lowest BCUT2D eigenvalue weighted by molar-refractivity contribution is 0.548. The summed E-state index contributed by atoms with van der Waals surface area (Å²) in [5.74, 6) is 0. The number of benzene rings is 1. The van der Waals surface area contributed by atoms with Crippen LogP contribution in [0.5, 0.6) is 0 Å². The van der Waals surface area contributed by atoms with Gasteiger partial charge in [0.25, 0.3) is 0 Å². The van der Waals surface area contributed by atoms with Gasteiger partial charge in [-0.1, -0.05) is 19.1 Å². The van der Waals surface area contributed by atoms with Crippen LogP contribution in [-0.4, -0.2) is 15.6 Å². The van der Waals surface area contributed by atoms with Crippen molar-refractivity contribution < 1.29 is 0 Å². The van der Waals surface area contributed by atoms with Crippen LogP contribution in [0.2, 0.25) is 0 Å². The summed E-state index contributed by atoms with van der Waals surface area (Å²) in [6.45, 7) is 2.95. The van der Waals surface area contributed by atoms with Crippen molar-refractivity contribution in [3.05, 3.63) is 30.6 Å². The molecule has 2 N–H and O–H groups in total. The second kappa shape index (κ2) is 3.80. The molecule has 0 aliphatic rings. The zero-order valence-corrected chi connectivity index (χ0v) is 8.35. The molecule has 3 nitrogen and oxygen atoms in total. The second-order valence-electron chi connectivity index (χ2n) is 3.55. The molecule has 3 heteroatoms. The molecule has 0 radical (unpaired) electrons. The third-order valence-corrected chi connectivity index (χ3v) is 2.48. The standard InChI is InChI=1S/C11H15N3/c1-2-9(12)7-14-8-13-10-5-3-4-6-11(10)14/h3-6,8-9H,2,7,12H2,1H3. The first kappa shape index (κ1) is 9.21. The first-order chi connectivity index (χ1) is 6.81. The highest BCUT2D eigenvalue weighted by Crippen LogP contribution is 2.12. The minimum atomic E-state index is 0.215. The highest BCUT2D eigenvalue weighted by atomic mass is 15.1. The average molecular weight is 189 g/mol. The van der Waals surface area contributed by atoms with Crippen LogP contribution in [0.3, 0.4) is 0 Å².